The number of nitrogen functional groups attached to an aromatic ring is 1. The average Bonchev–Trinajstić information content (AvgIpc) is 3.69. The van der Waals surface area contributed by atoms with Gasteiger partial charge in [0.2, 0.25) is 5.75 Å². The molecule has 0 bridgehead atoms. The predicted octanol–water partition coefficient (Wildman–Crippen LogP) is 3.53. The van der Waals surface area contributed by atoms with Gasteiger partial charge in [-0.2, -0.15) is 4.68 Å². The third-order valence-corrected chi connectivity index (χ3v) is 6.51. The fourth-order valence-electron chi connectivity index (χ4n) is 4.44. The first-order chi connectivity index (χ1) is 20.0. The molecule has 0 saturated heterocycles. The number of benzene rings is 3. The van der Waals surface area contributed by atoms with Gasteiger partial charge >= 0.3 is 0 Å². The molecule has 0 spiro atoms. The van der Waals surface area contributed by atoms with Crippen molar-refractivity contribution in [1.29, 1.82) is 0 Å². The molecule has 1 unspecified atom stereocenters. The lowest BCUT2D eigenvalue weighted by Gasteiger charge is -2.15. The fourth-order valence-corrected chi connectivity index (χ4v) is 4.44. The van der Waals surface area contributed by atoms with Crippen LogP contribution in [0.25, 0.3) is 17.1 Å². The summed E-state index contributed by atoms with van der Waals surface area (Å²) in [6, 6.07) is 14.5. The molecule has 0 aliphatic carbocycles. The van der Waals surface area contributed by atoms with Gasteiger partial charge in [0.25, 0.3) is 0 Å². The van der Waals surface area contributed by atoms with Gasteiger partial charge in [-0.05, 0) is 46.8 Å². The number of hydrogen-bond donors (Lipinski definition) is 1. The zero-order valence-electron chi connectivity index (χ0n) is 23.3. The molecule has 0 saturated carbocycles. The van der Waals surface area contributed by atoms with Crippen LogP contribution in [-0.2, 0) is 4.84 Å². The zero-order chi connectivity index (χ0) is 28.9. The number of nitrogens with zero attached hydrogens (tertiary/aromatic N) is 5. The van der Waals surface area contributed by atoms with E-state index in [4.69, 9.17) is 39.0 Å². The highest BCUT2D eigenvalue weighted by Gasteiger charge is 2.24. The van der Waals surface area contributed by atoms with Crippen LogP contribution in [0, 0.1) is 0 Å². The Kier molecular flexibility index (Phi) is 7.94. The Morgan fingerprint density at radius 3 is 2.15 bits per heavy atom. The number of tetrazole rings is 1. The lowest BCUT2D eigenvalue weighted by molar-refractivity contribution is 0.0473. The first-order valence-corrected chi connectivity index (χ1v) is 12.6. The summed E-state index contributed by atoms with van der Waals surface area (Å²) in [5.74, 6) is 3.64. The number of anilines is 1. The van der Waals surface area contributed by atoms with Gasteiger partial charge in [0, 0.05) is 29.7 Å². The van der Waals surface area contributed by atoms with Crippen molar-refractivity contribution in [2.75, 3.05) is 47.9 Å². The molecule has 13 heteroatoms. The summed E-state index contributed by atoms with van der Waals surface area (Å²) in [7, 11) is 7.81. The minimum absolute atomic E-state index is 0.257. The van der Waals surface area contributed by atoms with Crippen molar-refractivity contribution in [2.24, 2.45) is 5.16 Å². The van der Waals surface area contributed by atoms with E-state index in [1.807, 2.05) is 24.3 Å². The molecule has 1 aromatic heterocycles. The van der Waals surface area contributed by atoms with Crippen LogP contribution >= 0.6 is 0 Å². The van der Waals surface area contributed by atoms with Gasteiger partial charge in [-0.15, -0.1) is 5.10 Å². The number of rotatable bonds is 11. The number of hydrogen-bond acceptors (Lipinski definition) is 12. The van der Waals surface area contributed by atoms with Crippen molar-refractivity contribution in [1.82, 2.24) is 20.2 Å². The zero-order valence-corrected chi connectivity index (χ0v) is 23.3. The standard InChI is InChI=1S/C28H30N6O7/c1-35-23-9-6-16(11-24(23)36-2)21-14-19(41-31-21)15-40-22-8-7-17(10-20(22)29)28-30-32-33-34(28)18-12-25(37-3)27(39-5)26(13-18)38-4/h6-13,19H,14-15,29H2,1-5H3. The highest BCUT2D eigenvalue weighted by molar-refractivity contribution is 6.01. The van der Waals surface area contributed by atoms with Gasteiger partial charge in [-0.1, -0.05) is 5.16 Å². The maximum atomic E-state index is 6.35. The lowest BCUT2D eigenvalue weighted by Crippen LogP contribution is -2.18. The molecule has 1 atom stereocenters. The van der Waals surface area contributed by atoms with E-state index in [1.165, 1.54) is 7.11 Å². The van der Waals surface area contributed by atoms with Gasteiger partial charge in [0.05, 0.1) is 52.6 Å². The molecule has 1 aliphatic rings. The van der Waals surface area contributed by atoms with E-state index in [9.17, 15) is 0 Å². The minimum Gasteiger partial charge on any atom is -0.493 e. The van der Waals surface area contributed by atoms with E-state index < -0.39 is 0 Å². The molecule has 3 aromatic carbocycles. The van der Waals surface area contributed by atoms with Gasteiger partial charge < -0.3 is 39.0 Å². The monoisotopic (exact) mass is 562 g/mol. The Balaban J connectivity index is 1.28. The molecule has 0 fully saturated rings. The predicted molar refractivity (Wildman–Crippen MR) is 150 cm³/mol. The topological polar surface area (TPSA) is 147 Å². The van der Waals surface area contributed by atoms with Crippen LogP contribution in [0.2, 0.25) is 0 Å². The van der Waals surface area contributed by atoms with Crippen molar-refractivity contribution in [2.45, 2.75) is 12.5 Å². The number of methoxy groups -OCH3 is 5. The van der Waals surface area contributed by atoms with Crippen LogP contribution in [-0.4, -0.2) is 74.2 Å². The van der Waals surface area contributed by atoms with E-state index >= 15 is 0 Å². The Labute approximate surface area is 236 Å². The molecule has 5 rings (SSSR count). The SMILES string of the molecule is COc1ccc(C2=NOC(COc3ccc(-c4nnnn4-c4cc(OC)c(OC)c(OC)c4)cc3N)C2)cc1OC. The second-order valence-electron chi connectivity index (χ2n) is 8.90. The van der Waals surface area contributed by atoms with Crippen LogP contribution in [0.1, 0.15) is 12.0 Å². The molecule has 4 aromatic rings. The number of ether oxygens (including phenoxy) is 6. The van der Waals surface area contributed by atoms with Crippen LogP contribution in [0.4, 0.5) is 5.69 Å². The number of aromatic nitrogens is 4. The Bertz CT molecular complexity index is 1550. The summed E-state index contributed by atoms with van der Waals surface area (Å²) < 4.78 is 34.6. The largest absolute Gasteiger partial charge is 0.493 e. The third kappa shape index (κ3) is 5.46. The molecule has 0 radical (unpaired) electrons. The smallest absolute Gasteiger partial charge is 0.203 e. The molecular formula is C28H30N6O7. The van der Waals surface area contributed by atoms with Gasteiger partial charge in [-0.25, -0.2) is 0 Å². The summed E-state index contributed by atoms with van der Waals surface area (Å²) in [6.07, 6.45) is 0.293. The maximum Gasteiger partial charge on any atom is 0.203 e. The Morgan fingerprint density at radius 1 is 0.805 bits per heavy atom. The summed E-state index contributed by atoms with van der Waals surface area (Å²) in [6.45, 7) is 0.257. The molecule has 13 nitrogen and oxygen atoms in total. The molecule has 2 heterocycles. The first-order valence-electron chi connectivity index (χ1n) is 12.6. The van der Waals surface area contributed by atoms with Gasteiger partial charge in [0.15, 0.2) is 34.9 Å². The van der Waals surface area contributed by atoms with E-state index in [0.29, 0.717) is 63.7 Å². The van der Waals surface area contributed by atoms with Crippen LogP contribution < -0.4 is 34.2 Å². The number of nitrogens with two attached hydrogens (primary N) is 1. The van der Waals surface area contributed by atoms with E-state index in [0.717, 1.165) is 11.3 Å². The van der Waals surface area contributed by atoms with Crippen molar-refractivity contribution in [3.63, 3.8) is 0 Å². The Hall–Kier alpha value is -5.20. The van der Waals surface area contributed by atoms with Crippen LogP contribution in [0.3, 0.4) is 0 Å². The minimum atomic E-state index is -0.274. The molecular weight excluding hydrogens is 532 g/mol. The lowest BCUT2D eigenvalue weighted by atomic mass is 10.0. The fraction of sp³-hybridized carbons (Fsp3) is 0.286. The quantitative estimate of drug-likeness (QED) is 0.268. The van der Waals surface area contributed by atoms with Crippen molar-refractivity contribution < 1.29 is 33.3 Å². The summed E-state index contributed by atoms with van der Waals surface area (Å²) in [4.78, 5) is 5.60. The second-order valence-corrected chi connectivity index (χ2v) is 8.90. The number of oxime groups is 1. The molecule has 0 amide bonds. The summed E-state index contributed by atoms with van der Waals surface area (Å²) in [5, 5.41) is 16.4. The average molecular weight is 563 g/mol. The van der Waals surface area contributed by atoms with Gasteiger partial charge in [0.1, 0.15) is 12.4 Å². The summed E-state index contributed by atoms with van der Waals surface area (Å²) in [5.41, 5.74) is 9.75. The van der Waals surface area contributed by atoms with E-state index in [2.05, 4.69) is 20.7 Å². The first kappa shape index (κ1) is 27.4. The van der Waals surface area contributed by atoms with Crippen molar-refractivity contribution >= 4 is 11.4 Å². The van der Waals surface area contributed by atoms with E-state index in [1.54, 1.807) is 57.4 Å². The van der Waals surface area contributed by atoms with Crippen molar-refractivity contribution in [3.05, 3.63) is 54.1 Å². The van der Waals surface area contributed by atoms with E-state index in [-0.39, 0.29) is 12.7 Å². The Morgan fingerprint density at radius 2 is 1.49 bits per heavy atom. The maximum absolute atomic E-state index is 6.35. The van der Waals surface area contributed by atoms with Crippen LogP contribution in [0.5, 0.6) is 34.5 Å². The third-order valence-electron chi connectivity index (χ3n) is 6.51. The normalized spacial score (nSPS) is 14.2. The molecule has 214 valence electrons. The second kappa shape index (κ2) is 11.9. The highest BCUT2D eigenvalue weighted by Crippen LogP contribution is 2.40. The molecule has 2 N–H and O–H groups in total. The molecule has 41 heavy (non-hydrogen) atoms. The van der Waals surface area contributed by atoms with Crippen LogP contribution in [0.15, 0.2) is 53.7 Å². The van der Waals surface area contributed by atoms with Gasteiger partial charge in [-0.3, -0.25) is 0 Å². The molecule has 1 aliphatic heterocycles. The van der Waals surface area contributed by atoms with Crippen molar-refractivity contribution in [3.8, 4) is 51.6 Å². The highest BCUT2D eigenvalue weighted by atomic mass is 16.7. The summed E-state index contributed by atoms with van der Waals surface area (Å²) >= 11 is 0.